The lowest BCUT2D eigenvalue weighted by atomic mass is 10.0. The molecule has 0 aromatic carbocycles. The monoisotopic (exact) mass is 249 g/mol. The van der Waals surface area contributed by atoms with Crippen molar-refractivity contribution < 1.29 is 18.3 Å². The van der Waals surface area contributed by atoms with Gasteiger partial charge in [-0.1, -0.05) is 26.2 Å². The van der Waals surface area contributed by atoms with E-state index in [1.165, 1.54) is 0 Å². The van der Waals surface area contributed by atoms with Crippen molar-refractivity contribution >= 4 is 16.0 Å². The Morgan fingerprint density at radius 3 is 2.38 bits per heavy atom. The van der Waals surface area contributed by atoms with E-state index in [0.717, 1.165) is 19.3 Å². The van der Waals surface area contributed by atoms with Gasteiger partial charge in [-0.05, 0) is 19.3 Å². The standard InChI is InChI=1S/C10H19NO4S/c1-2-9(10(12)13)11-16(14,15)8-6-4-3-5-7-8/h8-9,11H,2-7H2,1H3,(H,12,13)/t9-/m1/s1. The quantitative estimate of drug-likeness (QED) is 0.764. The second kappa shape index (κ2) is 5.63. The first-order valence-electron chi connectivity index (χ1n) is 5.71. The molecule has 16 heavy (non-hydrogen) atoms. The van der Waals surface area contributed by atoms with Crippen LogP contribution in [-0.2, 0) is 14.8 Å². The normalized spacial score (nSPS) is 20.6. The highest BCUT2D eigenvalue weighted by atomic mass is 32.2. The molecule has 1 saturated carbocycles. The summed E-state index contributed by atoms with van der Waals surface area (Å²) in [6.45, 7) is 1.65. The van der Waals surface area contributed by atoms with Crippen LogP contribution >= 0.6 is 0 Å². The minimum Gasteiger partial charge on any atom is -0.480 e. The number of hydrogen-bond acceptors (Lipinski definition) is 3. The molecule has 0 bridgehead atoms. The van der Waals surface area contributed by atoms with Crippen LogP contribution < -0.4 is 4.72 Å². The predicted octanol–water partition coefficient (Wildman–Crippen LogP) is 1.10. The first-order valence-corrected chi connectivity index (χ1v) is 7.26. The van der Waals surface area contributed by atoms with Crippen LogP contribution in [0.15, 0.2) is 0 Å². The van der Waals surface area contributed by atoms with Gasteiger partial charge in [0, 0.05) is 0 Å². The summed E-state index contributed by atoms with van der Waals surface area (Å²) >= 11 is 0. The van der Waals surface area contributed by atoms with Crippen LogP contribution in [0.2, 0.25) is 0 Å². The lowest BCUT2D eigenvalue weighted by Crippen LogP contribution is -2.45. The first-order chi connectivity index (χ1) is 7.47. The molecule has 0 aromatic heterocycles. The van der Waals surface area contributed by atoms with Crippen LogP contribution in [0.1, 0.15) is 45.4 Å². The highest BCUT2D eigenvalue weighted by Gasteiger charge is 2.30. The number of hydrogen-bond donors (Lipinski definition) is 2. The average molecular weight is 249 g/mol. The Hall–Kier alpha value is -0.620. The van der Waals surface area contributed by atoms with E-state index in [0.29, 0.717) is 12.8 Å². The highest BCUT2D eigenvalue weighted by Crippen LogP contribution is 2.23. The molecule has 94 valence electrons. The van der Waals surface area contributed by atoms with Crippen LogP contribution in [0, 0.1) is 0 Å². The van der Waals surface area contributed by atoms with Crippen molar-refractivity contribution in [1.29, 1.82) is 0 Å². The van der Waals surface area contributed by atoms with Gasteiger partial charge in [-0.25, -0.2) is 13.1 Å². The fourth-order valence-corrected chi connectivity index (χ4v) is 3.79. The van der Waals surface area contributed by atoms with Crippen LogP contribution in [0.3, 0.4) is 0 Å². The predicted molar refractivity (Wildman–Crippen MR) is 60.6 cm³/mol. The third kappa shape index (κ3) is 3.45. The second-order valence-corrected chi connectivity index (χ2v) is 6.21. The fourth-order valence-electron chi connectivity index (χ4n) is 1.98. The fraction of sp³-hybridized carbons (Fsp3) is 0.900. The molecule has 5 nitrogen and oxygen atoms in total. The van der Waals surface area contributed by atoms with Crippen molar-refractivity contribution in [2.45, 2.75) is 56.7 Å². The summed E-state index contributed by atoms with van der Waals surface area (Å²) in [6.07, 6.45) is 4.45. The van der Waals surface area contributed by atoms with Crippen LogP contribution in [0.5, 0.6) is 0 Å². The number of sulfonamides is 1. The van der Waals surface area contributed by atoms with Crippen molar-refractivity contribution in [3.63, 3.8) is 0 Å². The molecule has 1 fully saturated rings. The van der Waals surface area contributed by atoms with E-state index >= 15 is 0 Å². The Labute approximate surface area is 96.3 Å². The van der Waals surface area contributed by atoms with Crippen molar-refractivity contribution in [1.82, 2.24) is 4.72 Å². The van der Waals surface area contributed by atoms with Gasteiger partial charge < -0.3 is 5.11 Å². The molecule has 2 N–H and O–H groups in total. The molecule has 1 aliphatic carbocycles. The zero-order valence-electron chi connectivity index (χ0n) is 9.48. The molecule has 0 spiro atoms. The van der Waals surface area contributed by atoms with Crippen molar-refractivity contribution in [3.05, 3.63) is 0 Å². The Morgan fingerprint density at radius 1 is 1.38 bits per heavy atom. The van der Waals surface area contributed by atoms with Gasteiger partial charge in [0.25, 0.3) is 0 Å². The maximum absolute atomic E-state index is 11.9. The minimum absolute atomic E-state index is 0.265. The number of rotatable bonds is 5. The molecule has 0 radical (unpaired) electrons. The zero-order valence-corrected chi connectivity index (χ0v) is 10.3. The van der Waals surface area contributed by atoms with E-state index in [1.807, 2.05) is 0 Å². The van der Waals surface area contributed by atoms with E-state index in [9.17, 15) is 13.2 Å². The van der Waals surface area contributed by atoms with Crippen molar-refractivity contribution in [2.24, 2.45) is 0 Å². The Balaban J connectivity index is 2.65. The van der Waals surface area contributed by atoms with Crippen molar-refractivity contribution in [2.75, 3.05) is 0 Å². The van der Waals surface area contributed by atoms with E-state index in [-0.39, 0.29) is 6.42 Å². The highest BCUT2D eigenvalue weighted by molar-refractivity contribution is 7.90. The Morgan fingerprint density at radius 2 is 1.94 bits per heavy atom. The summed E-state index contributed by atoms with van der Waals surface area (Å²) in [5.41, 5.74) is 0. The number of aliphatic carboxylic acids is 1. The van der Waals surface area contributed by atoms with Gasteiger partial charge in [0.2, 0.25) is 10.0 Å². The molecule has 1 rings (SSSR count). The first kappa shape index (κ1) is 13.4. The lowest BCUT2D eigenvalue weighted by molar-refractivity contribution is -0.139. The molecule has 0 aliphatic heterocycles. The summed E-state index contributed by atoms with van der Waals surface area (Å²) in [5, 5.41) is 8.40. The number of carbonyl (C=O) groups is 1. The van der Waals surface area contributed by atoms with Gasteiger partial charge in [0.05, 0.1) is 5.25 Å². The number of carboxylic acids is 1. The SMILES string of the molecule is CC[C@@H](NS(=O)(=O)C1CCCCC1)C(=O)O. The van der Waals surface area contributed by atoms with Crippen LogP contribution in [0.4, 0.5) is 0 Å². The van der Waals surface area contributed by atoms with Gasteiger partial charge >= 0.3 is 5.97 Å². The van der Waals surface area contributed by atoms with E-state index in [1.54, 1.807) is 6.92 Å². The molecule has 0 unspecified atom stereocenters. The van der Waals surface area contributed by atoms with E-state index in [2.05, 4.69) is 4.72 Å². The van der Waals surface area contributed by atoms with Gasteiger partial charge in [-0.3, -0.25) is 4.79 Å². The molecular formula is C10H19NO4S. The second-order valence-electron chi connectivity index (χ2n) is 4.22. The molecule has 0 aromatic rings. The third-order valence-electron chi connectivity index (χ3n) is 3.00. The topological polar surface area (TPSA) is 83.5 Å². The maximum Gasteiger partial charge on any atom is 0.321 e. The van der Waals surface area contributed by atoms with Crippen LogP contribution in [-0.4, -0.2) is 30.8 Å². The third-order valence-corrected chi connectivity index (χ3v) is 4.97. The summed E-state index contributed by atoms with van der Waals surface area (Å²) < 4.78 is 26.1. The van der Waals surface area contributed by atoms with Gasteiger partial charge in [-0.2, -0.15) is 0 Å². The summed E-state index contributed by atoms with van der Waals surface area (Å²) in [5.74, 6) is -1.11. The van der Waals surface area contributed by atoms with Gasteiger partial charge in [0.1, 0.15) is 6.04 Å². The molecule has 0 amide bonds. The number of carboxylic acid groups (broad SMARTS) is 1. The van der Waals surface area contributed by atoms with Crippen molar-refractivity contribution in [3.8, 4) is 0 Å². The Bertz CT molecular complexity index is 333. The van der Waals surface area contributed by atoms with E-state index < -0.39 is 27.3 Å². The van der Waals surface area contributed by atoms with Gasteiger partial charge in [-0.15, -0.1) is 0 Å². The van der Waals surface area contributed by atoms with Crippen LogP contribution in [0.25, 0.3) is 0 Å². The molecular weight excluding hydrogens is 230 g/mol. The Kier molecular flexibility index (Phi) is 4.73. The zero-order chi connectivity index (χ0) is 12.2. The van der Waals surface area contributed by atoms with E-state index in [4.69, 9.17) is 5.11 Å². The molecule has 1 aliphatic rings. The average Bonchev–Trinajstić information content (AvgIpc) is 2.27. The summed E-state index contributed by atoms with van der Waals surface area (Å²) in [6, 6.07) is -0.994. The molecule has 0 saturated heterocycles. The molecule has 1 atom stereocenters. The smallest absolute Gasteiger partial charge is 0.321 e. The lowest BCUT2D eigenvalue weighted by Gasteiger charge is -2.23. The number of nitrogens with one attached hydrogen (secondary N) is 1. The van der Waals surface area contributed by atoms with Gasteiger partial charge in [0.15, 0.2) is 0 Å². The maximum atomic E-state index is 11.9. The molecule has 6 heteroatoms. The largest absolute Gasteiger partial charge is 0.480 e. The summed E-state index contributed by atoms with van der Waals surface area (Å²) in [7, 11) is -3.47. The summed E-state index contributed by atoms with van der Waals surface area (Å²) in [4.78, 5) is 10.8. The minimum atomic E-state index is -3.47. The molecule has 0 heterocycles.